The molecule has 0 spiro atoms. The van der Waals surface area contributed by atoms with Crippen molar-refractivity contribution in [3.8, 4) is 11.5 Å². The van der Waals surface area contributed by atoms with E-state index >= 15 is 0 Å². The number of benzene rings is 3. The molecule has 9 heteroatoms. The largest absolute Gasteiger partial charge is 0.493 e. The number of thioether (sulfide) groups is 1. The summed E-state index contributed by atoms with van der Waals surface area (Å²) < 4.78 is 11.5. The lowest BCUT2D eigenvalue weighted by Crippen LogP contribution is -2.27. The minimum absolute atomic E-state index is 0.159. The molecule has 172 valence electrons. The number of carbonyl (C=O) groups excluding carboxylic acids is 3. The number of imide groups is 1. The Morgan fingerprint density at radius 2 is 1.79 bits per heavy atom. The van der Waals surface area contributed by atoms with Gasteiger partial charge in [0.05, 0.1) is 24.1 Å². The van der Waals surface area contributed by atoms with Gasteiger partial charge in [0.15, 0.2) is 11.5 Å². The highest BCUT2D eigenvalue weighted by molar-refractivity contribution is 9.10. The van der Waals surface area contributed by atoms with Gasteiger partial charge in [-0.15, -0.1) is 0 Å². The van der Waals surface area contributed by atoms with Gasteiger partial charge in [-0.2, -0.15) is 0 Å². The Bertz CT molecular complexity index is 1310. The maximum atomic E-state index is 12.8. The summed E-state index contributed by atoms with van der Waals surface area (Å²) >= 11 is 10.1. The van der Waals surface area contributed by atoms with Gasteiger partial charge < -0.3 is 9.47 Å². The lowest BCUT2D eigenvalue weighted by atomic mass is 10.1. The number of nitrogens with zero attached hydrogens (tertiary/aromatic N) is 1. The van der Waals surface area contributed by atoms with Crippen molar-refractivity contribution in [2.24, 2.45) is 0 Å². The molecular weight excluding hydrogens is 542 g/mol. The average molecular weight is 559 g/mol. The monoisotopic (exact) mass is 557 g/mol. The van der Waals surface area contributed by atoms with E-state index in [0.717, 1.165) is 17.3 Å². The Morgan fingerprint density at radius 3 is 2.50 bits per heavy atom. The Balaban J connectivity index is 1.52. The quantitative estimate of drug-likeness (QED) is 0.194. The molecule has 2 amide bonds. The molecule has 6 nitrogen and oxygen atoms in total. The molecular formula is C25H17BrClNO5S. The number of hydrogen-bond donors (Lipinski definition) is 0. The predicted octanol–water partition coefficient (Wildman–Crippen LogP) is 6.57. The lowest BCUT2D eigenvalue weighted by Gasteiger charge is -2.12. The Kier molecular flexibility index (Phi) is 7.41. The molecule has 0 atom stereocenters. The molecule has 1 heterocycles. The van der Waals surface area contributed by atoms with Gasteiger partial charge in [0.2, 0.25) is 0 Å². The standard InChI is InChI=1S/C25H17BrClNO5S/c1-32-21-12-16(8-11-20(21)33-24(30)18-4-2-3-5-19(18)26)13-22-23(29)28(25(31)34-22)14-15-6-9-17(27)10-7-15/h2-13H,14H2,1H3/b22-13-. The molecule has 0 unspecified atom stereocenters. The Hall–Kier alpha value is -3.07. The first-order valence-electron chi connectivity index (χ1n) is 10.0. The highest BCUT2D eigenvalue weighted by Crippen LogP contribution is 2.35. The van der Waals surface area contributed by atoms with Crippen LogP contribution in [0.1, 0.15) is 21.5 Å². The number of esters is 1. The van der Waals surface area contributed by atoms with Gasteiger partial charge >= 0.3 is 5.97 Å². The van der Waals surface area contributed by atoms with Crippen LogP contribution in [-0.4, -0.2) is 29.1 Å². The average Bonchev–Trinajstić information content (AvgIpc) is 3.08. The maximum absolute atomic E-state index is 12.8. The van der Waals surface area contributed by atoms with Crippen LogP contribution in [0.15, 0.2) is 76.1 Å². The van der Waals surface area contributed by atoms with Crippen molar-refractivity contribution in [2.75, 3.05) is 7.11 Å². The molecule has 0 N–H and O–H groups in total. The van der Waals surface area contributed by atoms with Crippen LogP contribution in [0.4, 0.5) is 4.79 Å². The summed E-state index contributed by atoms with van der Waals surface area (Å²) in [4.78, 5) is 39.3. The molecule has 1 saturated heterocycles. The first-order chi connectivity index (χ1) is 16.4. The van der Waals surface area contributed by atoms with E-state index in [1.165, 1.54) is 12.0 Å². The second kappa shape index (κ2) is 10.5. The van der Waals surface area contributed by atoms with Crippen molar-refractivity contribution < 1.29 is 23.9 Å². The molecule has 4 rings (SSSR count). The highest BCUT2D eigenvalue weighted by atomic mass is 79.9. The van der Waals surface area contributed by atoms with Crippen LogP contribution in [0.3, 0.4) is 0 Å². The van der Waals surface area contributed by atoms with Crippen molar-refractivity contribution in [1.29, 1.82) is 0 Å². The third-order valence-electron chi connectivity index (χ3n) is 4.91. The summed E-state index contributed by atoms with van der Waals surface area (Å²) in [7, 11) is 1.45. The van der Waals surface area contributed by atoms with Crippen LogP contribution in [0, 0.1) is 0 Å². The van der Waals surface area contributed by atoms with Crippen LogP contribution < -0.4 is 9.47 Å². The van der Waals surface area contributed by atoms with Crippen molar-refractivity contribution >= 4 is 62.5 Å². The van der Waals surface area contributed by atoms with E-state index < -0.39 is 5.97 Å². The first-order valence-corrected chi connectivity index (χ1v) is 12.0. The molecule has 0 aromatic heterocycles. The molecule has 34 heavy (non-hydrogen) atoms. The van der Waals surface area contributed by atoms with Crippen LogP contribution in [0.2, 0.25) is 5.02 Å². The van der Waals surface area contributed by atoms with Crippen molar-refractivity contribution in [3.05, 3.63) is 97.8 Å². The van der Waals surface area contributed by atoms with Gasteiger partial charge in [0.1, 0.15) is 0 Å². The fraction of sp³-hybridized carbons (Fsp3) is 0.0800. The highest BCUT2D eigenvalue weighted by Gasteiger charge is 2.35. The van der Waals surface area contributed by atoms with Crippen LogP contribution in [0.25, 0.3) is 6.08 Å². The second-order valence-electron chi connectivity index (χ2n) is 7.17. The number of halogens is 2. The number of ether oxygens (including phenoxy) is 2. The minimum atomic E-state index is -0.540. The minimum Gasteiger partial charge on any atom is -0.493 e. The van der Waals surface area contributed by atoms with Gasteiger partial charge in [-0.1, -0.05) is 41.9 Å². The van der Waals surface area contributed by atoms with Crippen LogP contribution in [-0.2, 0) is 11.3 Å². The molecule has 3 aromatic rings. The van der Waals surface area contributed by atoms with E-state index in [1.807, 2.05) is 0 Å². The van der Waals surface area contributed by atoms with Gasteiger partial charge in [-0.3, -0.25) is 14.5 Å². The van der Waals surface area contributed by atoms with E-state index in [9.17, 15) is 14.4 Å². The fourth-order valence-corrected chi connectivity index (χ4v) is 4.61. The lowest BCUT2D eigenvalue weighted by molar-refractivity contribution is -0.123. The first kappa shape index (κ1) is 24.1. The van der Waals surface area contributed by atoms with E-state index in [-0.39, 0.29) is 23.4 Å². The molecule has 3 aromatic carbocycles. The summed E-state index contributed by atoms with van der Waals surface area (Å²) in [6, 6.07) is 18.8. The van der Waals surface area contributed by atoms with Crippen LogP contribution in [0.5, 0.6) is 11.5 Å². The van der Waals surface area contributed by atoms with Crippen molar-refractivity contribution in [2.45, 2.75) is 6.54 Å². The Morgan fingerprint density at radius 1 is 1.06 bits per heavy atom. The number of methoxy groups -OCH3 is 1. The summed E-state index contributed by atoms with van der Waals surface area (Å²) in [5.41, 5.74) is 1.79. The zero-order chi connectivity index (χ0) is 24.2. The molecule has 1 fully saturated rings. The number of carbonyl (C=O) groups is 3. The van der Waals surface area contributed by atoms with Gasteiger partial charge in [0, 0.05) is 9.50 Å². The Labute approximate surface area is 213 Å². The normalized spacial score (nSPS) is 14.6. The SMILES string of the molecule is COc1cc(/C=C2\SC(=O)N(Cc3ccc(Cl)cc3)C2=O)ccc1OC(=O)c1ccccc1Br. The predicted molar refractivity (Wildman–Crippen MR) is 135 cm³/mol. The molecule has 0 radical (unpaired) electrons. The summed E-state index contributed by atoms with van der Waals surface area (Å²) in [5, 5.41) is 0.231. The van der Waals surface area contributed by atoms with Gasteiger partial charge in [-0.25, -0.2) is 4.79 Å². The van der Waals surface area contributed by atoms with Gasteiger partial charge in [-0.05, 0) is 81.3 Å². The van der Waals surface area contributed by atoms with E-state index in [1.54, 1.807) is 72.8 Å². The third kappa shape index (κ3) is 5.35. The fourth-order valence-electron chi connectivity index (χ4n) is 3.20. The van der Waals surface area contributed by atoms with E-state index in [0.29, 0.717) is 31.3 Å². The second-order valence-corrected chi connectivity index (χ2v) is 9.46. The summed E-state index contributed by atoms with van der Waals surface area (Å²) in [6.45, 7) is 0.159. The zero-order valence-electron chi connectivity index (χ0n) is 17.8. The topological polar surface area (TPSA) is 72.9 Å². The number of hydrogen-bond acceptors (Lipinski definition) is 6. The van der Waals surface area contributed by atoms with Crippen molar-refractivity contribution in [1.82, 2.24) is 4.90 Å². The van der Waals surface area contributed by atoms with Crippen LogP contribution >= 0.6 is 39.3 Å². The molecule has 1 aliphatic rings. The number of rotatable bonds is 6. The van der Waals surface area contributed by atoms with Crippen molar-refractivity contribution in [3.63, 3.8) is 0 Å². The van der Waals surface area contributed by atoms with E-state index in [4.69, 9.17) is 21.1 Å². The maximum Gasteiger partial charge on any atom is 0.344 e. The molecule has 1 aliphatic heterocycles. The van der Waals surface area contributed by atoms with E-state index in [2.05, 4.69) is 15.9 Å². The molecule has 0 aliphatic carbocycles. The smallest absolute Gasteiger partial charge is 0.344 e. The molecule has 0 saturated carbocycles. The zero-order valence-corrected chi connectivity index (χ0v) is 20.9. The number of amides is 2. The summed E-state index contributed by atoms with van der Waals surface area (Å²) in [6.07, 6.45) is 1.61. The third-order valence-corrected chi connectivity index (χ3v) is 6.76. The summed E-state index contributed by atoms with van der Waals surface area (Å²) in [5.74, 6) is -0.374. The molecule has 0 bridgehead atoms. The van der Waals surface area contributed by atoms with Gasteiger partial charge in [0.25, 0.3) is 11.1 Å².